The fourth-order valence-corrected chi connectivity index (χ4v) is 3.37. The molecule has 8 heteroatoms. The molecular formula is C20H21ClN2O5. The van der Waals surface area contributed by atoms with Crippen molar-refractivity contribution < 1.29 is 23.7 Å². The van der Waals surface area contributed by atoms with Crippen LogP contribution in [0.4, 0.5) is 4.79 Å². The molecule has 2 aromatic carbocycles. The monoisotopic (exact) mass is 404 g/mol. The molecule has 0 atom stereocenters. The van der Waals surface area contributed by atoms with Gasteiger partial charge in [-0.05, 0) is 35.4 Å². The summed E-state index contributed by atoms with van der Waals surface area (Å²) in [5, 5.41) is 3.38. The number of urea groups is 1. The molecule has 0 bridgehead atoms. The largest absolute Gasteiger partial charge is 0.489 e. The third-order valence-electron chi connectivity index (χ3n) is 4.51. The van der Waals surface area contributed by atoms with E-state index in [-0.39, 0.29) is 12.8 Å². The zero-order chi connectivity index (χ0) is 19.5. The lowest BCUT2D eigenvalue weighted by Crippen LogP contribution is -2.36. The van der Waals surface area contributed by atoms with Crippen LogP contribution in [0, 0.1) is 0 Å². The minimum atomic E-state index is -0.194. The Hall–Kier alpha value is -2.80. The molecule has 1 N–H and O–H groups in total. The highest BCUT2D eigenvalue weighted by atomic mass is 35.5. The number of hydrogen-bond donors (Lipinski definition) is 1. The number of benzene rings is 2. The molecule has 7 nitrogen and oxygen atoms in total. The summed E-state index contributed by atoms with van der Waals surface area (Å²) in [7, 11) is 1.74. The maximum absolute atomic E-state index is 12.5. The summed E-state index contributed by atoms with van der Waals surface area (Å²) in [5.41, 5.74) is 1.81. The number of amides is 2. The van der Waals surface area contributed by atoms with Gasteiger partial charge in [-0.3, -0.25) is 0 Å². The van der Waals surface area contributed by atoms with Gasteiger partial charge in [-0.1, -0.05) is 17.7 Å². The van der Waals surface area contributed by atoms with Gasteiger partial charge < -0.3 is 29.2 Å². The van der Waals surface area contributed by atoms with Gasteiger partial charge in [0.25, 0.3) is 0 Å². The van der Waals surface area contributed by atoms with Gasteiger partial charge in [-0.2, -0.15) is 0 Å². The molecule has 2 aliphatic heterocycles. The second-order valence-corrected chi connectivity index (χ2v) is 7.06. The van der Waals surface area contributed by atoms with Gasteiger partial charge in [0.05, 0.1) is 18.2 Å². The van der Waals surface area contributed by atoms with E-state index in [1.165, 1.54) is 0 Å². The standard InChI is InChI=1S/C20H21ClN2O5/c1-23(11-13-3-4-16-17(8-13)28-12-27-16)20(24)22-10-14-7-15(21)19-18(9-14)25-5-2-6-26-19/h3-4,7-9H,2,5-6,10-12H2,1H3,(H,22,24). The summed E-state index contributed by atoms with van der Waals surface area (Å²) in [4.78, 5) is 14.1. The number of halogens is 1. The first-order valence-corrected chi connectivity index (χ1v) is 9.43. The van der Waals surface area contributed by atoms with Crippen LogP contribution in [0.5, 0.6) is 23.0 Å². The van der Waals surface area contributed by atoms with Crippen LogP contribution in [-0.2, 0) is 13.1 Å². The highest BCUT2D eigenvalue weighted by Crippen LogP contribution is 2.38. The molecule has 2 amide bonds. The van der Waals surface area contributed by atoms with E-state index < -0.39 is 0 Å². The summed E-state index contributed by atoms with van der Waals surface area (Å²) in [6, 6.07) is 9.10. The fourth-order valence-electron chi connectivity index (χ4n) is 3.08. The molecule has 148 valence electrons. The Balaban J connectivity index is 1.36. The molecular weight excluding hydrogens is 384 g/mol. The van der Waals surface area contributed by atoms with Gasteiger partial charge in [-0.15, -0.1) is 0 Å². The van der Waals surface area contributed by atoms with Crippen LogP contribution in [-0.4, -0.2) is 38.0 Å². The van der Waals surface area contributed by atoms with Crippen molar-refractivity contribution in [3.8, 4) is 23.0 Å². The fraction of sp³-hybridized carbons (Fsp3) is 0.350. The van der Waals surface area contributed by atoms with Crippen LogP contribution in [0.15, 0.2) is 30.3 Å². The topological polar surface area (TPSA) is 69.3 Å². The Morgan fingerprint density at radius 2 is 1.82 bits per heavy atom. The molecule has 0 unspecified atom stereocenters. The van der Waals surface area contributed by atoms with Crippen molar-refractivity contribution in [1.29, 1.82) is 0 Å². The lowest BCUT2D eigenvalue weighted by atomic mass is 10.2. The van der Waals surface area contributed by atoms with Crippen molar-refractivity contribution in [3.05, 3.63) is 46.5 Å². The van der Waals surface area contributed by atoms with E-state index >= 15 is 0 Å². The first kappa shape index (κ1) is 18.6. The van der Waals surface area contributed by atoms with Crippen LogP contribution in [0.1, 0.15) is 17.5 Å². The predicted octanol–water partition coefficient (Wildman–Crippen LogP) is 3.57. The average Bonchev–Trinajstić information content (AvgIpc) is 3.01. The Kier molecular flexibility index (Phi) is 5.34. The Morgan fingerprint density at radius 1 is 1.04 bits per heavy atom. The Bertz CT molecular complexity index is 889. The third-order valence-corrected chi connectivity index (χ3v) is 4.79. The number of ether oxygens (including phenoxy) is 4. The van der Waals surface area contributed by atoms with E-state index in [0.29, 0.717) is 48.6 Å². The predicted molar refractivity (Wildman–Crippen MR) is 103 cm³/mol. The number of carbonyl (C=O) groups is 1. The van der Waals surface area contributed by atoms with Crippen LogP contribution < -0.4 is 24.3 Å². The number of fused-ring (bicyclic) bond motifs is 2. The molecule has 0 fully saturated rings. The van der Waals surface area contributed by atoms with Gasteiger partial charge in [0.1, 0.15) is 0 Å². The second-order valence-electron chi connectivity index (χ2n) is 6.66. The molecule has 0 saturated carbocycles. The summed E-state index contributed by atoms with van der Waals surface area (Å²) in [6.07, 6.45) is 0.807. The molecule has 0 aliphatic carbocycles. The van der Waals surface area contributed by atoms with Gasteiger partial charge in [-0.25, -0.2) is 4.79 Å². The molecule has 0 radical (unpaired) electrons. The van der Waals surface area contributed by atoms with Crippen molar-refractivity contribution in [3.63, 3.8) is 0 Å². The van der Waals surface area contributed by atoms with E-state index in [2.05, 4.69) is 5.32 Å². The smallest absolute Gasteiger partial charge is 0.317 e. The van der Waals surface area contributed by atoms with E-state index in [0.717, 1.165) is 23.3 Å². The summed E-state index contributed by atoms with van der Waals surface area (Å²) >= 11 is 6.30. The average molecular weight is 405 g/mol. The lowest BCUT2D eigenvalue weighted by Gasteiger charge is -2.19. The third kappa shape index (κ3) is 4.04. The number of carbonyl (C=O) groups excluding carboxylic acids is 1. The summed E-state index contributed by atoms with van der Waals surface area (Å²) < 4.78 is 22.0. The van der Waals surface area contributed by atoms with Gasteiger partial charge in [0, 0.05) is 26.6 Å². The number of nitrogens with one attached hydrogen (secondary N) is 1. The van der Waals surface area contributed by atoms with E-state index in [1.54, 1.807) is 18.0 Å². The molecule has 2 aliphatic rings. The van der Waals surface area contributed by atoms with Crippen LogP contribution >= 0.6 is 11.6 Å². The van der Waals surface area contributed by atoms with Crippen LogP contribution in [0.25, 0.3) is 0 Å². The first-order valence-electron chi connectivity index (χ1n) is 9.05. The maximum atomic E-state index is 12.5. The Morgan fingerprint density at radius 3 is 2.71 bits per heavy atom. The van der Waals surface area contributed by atoms with E-state index in [4.69, 9.17) is 30.5 Å². The quantitative estimate of drug-likeness (QED) is 0.843. The Labute approximate surface area is 168 Å². The van der Waals surface area contributed by atoms with Crippen molar-refractivity contribution >= 4 is 17.6 Å². The normalized spacial score (nSPS) is 14.4. The minimum absolute atomic E-state index is 0.194. The van der Waals surface area contributed by atoms with E-state index in [9.17, 15) is 4.79 Å². The molecule has 4 rings (SSSR count). The first-order chi connectivity index (χ1) is 13.6. The van der Waals surface area contributed by atoms with Crippen molar-refractivity contribution in [2.75, 3.05) is 27.1 Å². The van der Waals surface area contributed by atoms with Gasteiger partial charge in [0.15, 0.2) is 23.0 Å². The number of rotatable bonds is 4. The van der Waals surface area contributed by atoms with E-state index in [1.807, 2.05) is 24.3 Å². The van der Waals surface area contributed by atoms with Crippen LogP contribution in [0.3, 0.4) is 0 Å². The zero-order valence-corrected chi connectivity index (χ0v) is 16.3. The number of nitrogens with zero attached hydrogens (tertiary/aromatic N) is 1. The highest BCUT2D eigenvalue weighted by Gasteiger charge is 2.17. The molecule has 0 saturated heterocycles. The van der Waals surface area contributed by atoms with Gasteiger partial charge in [0.2, 0.25) is 6.79 Å². The van der Waals surface area contributed by atoms with Crippen molar-refractivity contribution in [2.24, 2.45) is 0 Å². The zero-order valence-electron chi connectivity index (χ0n) is 15.5. The lowest BCUT2D eigenvalue weighted by molar-refractivity contribution is 0.174. The second kappa shape index (κ2) is 8.06. The molecule has 2 heterocycles. The van der Waals surface area contributed by atoms with Gasteiger partial charge >= 0.3 is 6.03 Å². The maximum Gasteiger partial charge on any atom is 0.317 e. The molecule has 28 heavy (non-hydrogen) atoms. The van der Waals surface area contributed by atoms with Crippen molar-refractivity contribution in [2.45, 2.75) is 19.5 Å². The summed E-state index contributed by atoms with van der Waals surface area (Å²) in [5.74, 6) is 2.60. The molecule has 0 aromatic heterocycles. The SMILES string of the molecule is CN(Cc1ccc2c(c1)OCO2)C(=O)NCc1cc(Cl)c2c(c1)OCCCO2. The molecule has 0 spiro atoms. The molecule has 2 aromatic rings. The minimum Gasteiger partial charge on any atom is -0.489 e. The van der Waals surface area contributed by atoms with Crippen LogP contribution in [0.2, 0.25) is 5.02 Å². The highest BCUT2D eigenvalue weighted by molar-refractivity contribution is 6.32. The van der Waals surface area contributed by atoms with Crippen molar-refractivity contribution in [1.82, 2.24) is 10.2 Å². The summed E-state index contributed by atoms with van der Waals surface area (Å²) in [6.45, 7) is 2.17. The number of hydrogen-bond acceptors (Lipinski definition) is 5.